The van der Waals surface area contributed by atoms with Crippen LogP contribution in [0.2, 0.25) is 0 Å². The molecule has 1 N–H and O–H groups in total. The van der Waals surface area contributed by atoms with Crippen molar-refractivity contribution in [2.75, 3.05) is 0 Å². The molecule has 0 aliphatic heterocycles. The third-order valence-electron chi connectivity index (χ3n) is 2.16. The van der Waals surface area contributed by atoms with Crippen molar-refractivity contribution in [2.45, 2.75) is 25.8 Å². The van der Waals surface area contributed by atoms with E-state index < -0.39 is 5.95 Å². The summed E-state index contributed by atoms with van der Waals surface area (Å²) in [6.07, 6.45) is 2.11. The number of nitriles is 1. The van der Waals surface area contributed by atoms with Gasteiger partial charge in [-0.3, -0.25) is 4.79 Å². The number of hydrogen-bond donors (Lipinski definition) is 1. The number of pyridine rings is 1. The third kappa shape index (κ3) is 3.31. The largest absolute Gasteiger partial charge is 0.348 e. The third-order valence-corrected chi connectivity index (χ3v) is 2.16. The molecule has 0 spiro atoms. The van der Waals surface area contributed by atoms with Crippen molar-refractivity contribution >= 4 is 5.91 Å². The summed E-state index contributed by atoms with van der Waals surface area (Å²) in [4.78, 5) is 15.0. The van der Waals surface area contributed by atoms with Gasteiger partial charge in [-0.05, 0) is 18.6 Å². The highest BCUT2D eigenvalue weighted by Crippen LogP contribution is 2.02. The quantitative estimate of drug-likeness (QED) is 0.786. The first-order chi connectivity index (χ1) is 7.67. The van der Waals surface area contributed by atoms with Gasteiger partial charge in [0.25, 0.3) is 5.91 Å². The van der Waals surface area contributed by atoms with Gasteiger partial charge in [0, 0.05) is 12.2 Å². The van der Waals surface area contributed by atoms with Gasteiger partial charge < -0.3 is 5.32 Å². The lowest BCUT2D eigenvalue weighted by Gasteiger charge is -2.13. The van der Waals surface area contributed by atoms with Crippen LogP contribution in [0.15, 0.2) is 18.3 Å². The Morgan fingerprint density at radius 1 is 1.69 bits per heavy atom. The van der Waals surface area contributed by atoms with Crippen molar-refractivity contribution < 1.29 is 9.18 Å². The summed E-state index contributed by atoms with van der Waals surface area (Å²) >= 11 is 0. The summed E-state index contributed by atoms with van der Waals surface area (Å²) in [6.45, 7) is 1.88. The molecule has 0 aliphatic rings. The maximum atomic E-state index is 12.5. The van der Waals surface area contributed by atoms with E-state index in [1.165, 1.54) is 12.3 Å². The average molecular weight is 221 g/mol. The number of nitrogens with zero attached hydrogens (tertiary/aromatic N) is 2. The predicted octanol–water partition coefficient (Wildman–Crippen LogP) is 1.64. The van der Waals surface area contributed by atoms with Gasteiger partial charge >= 0.3 is 0 Å². The van der Waals surface area contributed by atoms with E-state index in [9.17, 15) is 9.18 Å². The van der Waals surface area contributed by atoms with Crippen LogP contribution in [-0.2, 0) is 0 Å². The van der Waals surface area contributed by atoms with Gasteiger partial charge in [0.2, 0.25) is 5.95 Å². The molecule has 0 aromatic carbocycles. The molecule has 1 aromatic rings. The first kappa shape index (κ1) is 12.1. The number of carbonyl (C=O) groups excluding carboxylic acids is 1. The molecule has 4 nitrogen and oxygen atoms in total. The summed E-state index contributed by atoms with van der Waals surface area (Å²) in [5.74, 6) is -0.963. The first-order valence-electron chi connectivity index (χ1n) is 4.96. The van der Waals surface area contributed by atoms with E-state index in [4.69, 9.17) is 5.26 Å². The maximum absolute atomic E-state index is 12.5. The Morgan fingerprint density at radius 3 is 2.94 bits per heavy atom. The van der Waals surface area contributed by atoms with E-state index in [0.29, 0.717) is 6.42 Å². The van der Waals surface area contributed by atoms with E-state index >= 15 is 0 Å². The number of rotatable bonds is 4. The van der Waals surface area contributed by atoms with Gasteiger partial charge in [0.1, 0.15) is 0 Å². The Hall–Kier alpha value is -1.96. The van der Waals surface area contributed by atoms with Crippen LogP contribution in [0.1, 0.15) is 30.1 Å². The lowest BCUT2D eigenvalue weighted by molar-refractivity contribution is 0.0936. The van der Waals surface area contributed by atoms with Gasteiger partial charge in [-0.2, -0.15) is 9.65 Å². The molecular formula is C11H12FN3O. The van der Waals surface area contributed by atoms with Crippen LogP contribution in [0.25, 0.3) is 0 Å². The van der Waals surface area contributed by atoms with Crippen molar-refractivity contribution in [3.63, 3.8) is 0 Å². The Morgan fingerprint density at radius 2 is 2.44 bits per heavy atom. The standard InChI is InChI=1S/C11H12FN3O/c1-2-9(5-6-13)15-11(16)8-3-4-10(12)14-7-8/h3-4,7,9H,2,5H2,1H3,(H,15,16). The molecule has 1 unspecified atom stereocenters. The topological polar surface area (TPSA) is 65.8 Å². The van der Waals surface area contributed by atoms with E-state index in [2.05, 4.69) is 10.3 Å². The van der Waals surface area contributed by atoms with E-state index in [0.717, 1.165) is 6.07 Å². The molecule has 5 heteroatoms. The van der Waals surface area contributed by atoms with Gasteiger partial charge in [0.15, 0.2) is 0 Å². The molecule has 0 aliphatic carbocycles. The summed E-state index contributed by atoms with van der Waals surface area (Å²) in [6, 6.07) is 4.30. The highest BCUT2D eigenvalue weighted by Gasteiger charge is 2.11. The van der Waals surface area contributed by atoms with Crippen LogP contribution in [0, 0.1) is 17.3 Å². The molecular weight excluding hydrogens is 209 g/mol. The molecule has 0 radical (unpaired) electrons. The summed E-state index contributed by atoms with van der Waals surface area (Å²) in [5.41, 5.74) is 0.290. The Kier molecular flexibility index (Phi) is 4.40. The maximum Gasteiger partial charge on any atom is 0.253 e. The second-order valence-electron chi connectivity index (χ2n) is 3.31. The average Bonchev–Trinajstić information content (AvgIpc) is 2.29. The number of nitrogens with one attached hydrogen (secondary N) is 1. The number of amides is 1. The Labute approximate surface area is 93.1 Å². The number of hydrogen-bond acceptors (Lipinski definition) is 3. The fourth-order valence-electron chi connectivity index (χ4n) is 1.19. The molecule has 16 heavy (non-hydrogen) atoms. The smallest absolute Gasteiger partial charge is 0.253 e. The molecule has 1 amide bonds. The Bertz CT molecular complexity index is 397. The van der Waals surface area contributed by atoms with Crippen molar-refractivity contribution in [3.8, 4) is 6.07 Å². The molecule has 1 aromatic heterocycles. The fraction of sp³-hybridized carbons (Fsp3) is 0.364. The van der Waals surface area contributed by atoms with E-state index in [1.807, 2.05) is 13.0 Å². The van der Waals surface area contributed by atoms with Gasteiger partial charge in [0.05, 0.1) is 18.1 Å². The highest BCUT2D eigenvalue weighted by atomic mass is 19.1. The summed E-state index contributed by atoms with van der Waals surface area (Å²) in [5, 5.41) is 11.2. The minimum absolute atomic E-state index is 0.178. The molecule has 0 fully saturated rings. The van der Waals surface area contributed by atoms with Crippen LogP contribution in [-0.4, -0.2) is 16.9 Å². The fourth-order valence-corrected chi connectivity index (χ4v) is 1.19. The molecule has 0 saturated heterocycles. The molecule has 1 heterocycles. The van der Waals surface area contributed by atoms with Crippen LogP contribution in [0.5, 0.6) is 0 Å². The SMILES string of the molecule is CCC(CC#N)NC(=O)c1ccc(F)nc1. The van der Waals surface area contributed by atoms with Crippen LogP contribution in [0.4, 0.5) is 4.39 Å². The van der Waals surface area contributed by atoms with Crippen LogP contribution >= 0.6 is 0 Å². The second-order valence-corrected chi connectivity index (χ2v) is 3.31. The number of aromatic nitrogens is 1. The normalized spacial score (nSPS) is 11.6. The molecule has 0 saturated carbocycles. The zero-order valence-corrected chi connectivity index (χ0v) is 8.90. The van der Waals surface area contributed by atoms with E-state index in [1.54, 1.807) is 0 Å². The van der Waals surface area contributed by atoms with Crippen molar-refractivity contribution in [1.29, 1.82) is 5.26 Å². The van der Waals surface area contributed by atoms with Crippen LogP contribution in [0.3, 0.4) is 0 Å². The highest BCUT2D eigenvalue weighted by molar-refractivity contribution is 5.94. The minimum atomic E-state index is -0.624. The zero-order chi connectivity index (χ0) is 12.0. The number of halogens is 1. The molecule has 0 bridgehead atoms. The first-order valence-corrected chi connectivity index (χ1v) is 4.96. The van der Waals surface area contributed by atoms with Gasteiger partial charge in [-0.15, -0.1) is 0 Å². The predicted molar refractivity (Wildman–Crippen MR) is 56.0 cm³/mol. The summed E-state index contributed by atoms with van der Waals surface area (Å²) < 4.78 is 12.5. The van der Waals surface area contributed by atoms with Crippen molar-refractivity contribution in [3.05, 3.63) is 29.8 Å². The molecule has 1 atom stereocenters. The molecule has 84 valence electrons. The summed E-state index contributed by atoms with van der Waals surface area (Å²) in [7, 11) is 0. The van der Waals surface area contributed by atoms with Crippen molar-refractivity contribution in [1.82, 2.24) is 10.3 Å². The van der Waals surface area contributed by atoms with Crippen molar-refractivity contribution in [2.24, 2.45) is 0 Å². The monoisotopic (exact) mass is 221 g/mol. The van der Waals surface area contributed by atoms with Crippen LogP contribution < -0.4 is 5.32 Å². The second kappa shape index (κ2) is 5.81. The molecule has 1 rings (SSSR count). The Balaban J connectivity index is 2.65. The lowest BCUT2D eigenvalue weighted by Crippen LogP contribution is -2.34. The minimum Gasteiger partial charge on any atom is -0.348 e. The zero-order valence-electron chi connectivity index (χ0n) is 8.90. The number of carbonyl (C=O) groups is 1. The van der Waals surface area contributed by atoms with Gasteiger partial charge in [-0.1, -0.05) is 6.92 Å². The lowest BCUT2D eigenvalue weighted by atomic mass is 10.1. The van der Waals surface area contributed by atoms with Gasteiger partial charge in [-0.25, -0.2) is 4.98 Å². The van der Waals surface area contributed by atoms with E-state index in [-0.39, 0.29) is 23.9 Å².